The molecule has 1 N–H and O–H groups in total. The van der Waals surface area contributed by atoms with E-state index in [1.165, 1.54) is 0 Å². The highest BCUT2D eigenvalue weighted by molar-refractivity contribution is 5.76. The van der Waals surface area contributed by atoms with E-state index >= 15 is 0 Å². The largest absolute Gasteiger partial charge is 0.466 e. The smallest absolute Gasteiger partial charge is 0.231 e. The molecule has 22 heavy (non-hydrogen) atoms. The number of ether oxygens (including phenoxy) is 2. The van der Waals surface area contributed by atoms with Crippen LogP contribution in [-0.4, -0.2) is 19.2 Å². The van der Waals surface area contributed by atoms with Gasteiger partial charge in [-0.3, -0.25) is 4.79 Å². The Hall–Kier alpha value is -2.43. The molecule has 0 radical (unpaired) electrons. The zero-order valence-electron chi connectivity index (χ0n) is 12.6. The lowest BCUT2D eigenvalue weighted by molar-refractivity contribution is -0.121. The summed E-state index contributed by atoms with van der Waals surface area (Å²) < 4.78 is 16.1. The Bertz CT molecular complexity index is 662. The zero-order chi connectivity index (χ0) is 15.4. The number of hydrogen-bond acceptors (Lipinski definition) is 4. The van der Waals surface area contributed by atoms with Gasteiger partial charge in [0.2, 0.25) is 12.7 Å². The molecule has 5 nitrogen and oxygen atoms in total. The Kier molecular flexibility index (Phi) is 4.32. The Morgan fingerprint density at radius 1 is 1.14 bits per heavy atom. The monoisotopic (exact) mass is 301 g/mol. The predicted molar refractivity (Wildman–Crippen MR) is 81.0 cm³/mol. The Morgan fingerprint density at radius 2 is 2.00 bits per heavy atom. The second kappa shape index (κ2) is 6.56. The number of aryl methyl sites for hydroxylation is 2. The van der Waals surface area contributed by atoms with E-state index in [-0.39, 0.29) is 12.7 Å². The van der Waals surface area contributed by atoms with Gasteiger partial charge in [-0.05, 0) is 43.2 Å². The molecule has 0 atom stereocenters. The average Bonchev–Trinajstić information content (AvgIpc) is 3.13. The highest BCUT2D eigenvalue weighted by Crippen LogP contribution is 2.32. The van der Waals surface area contributed by atoms with Crippen molar-refractivity contribution in [2.24, 2.45) is 0 Å². The van der Waals surface area contributed by atoms with Gasteiger partial charge in [0.1, 0.15) is 11.5 Å². The van der Waals surface area contributed by atoms with Gasteiger partial charge in [0.15, 0.2) is 11.5 Å². The summed E-state index contributed by atoms with van der Waals surface area (Å²) in [7, 11) is 0. The maximum absolute atomic E-state index is 11.8. The fraction of sp³-hybridized carbons (Fsp3) is 0.353. The van der Waals surface area contributed by atoms with E-state index in [2.05, 4.69) is 5.32 Å². The summed E-state index contributed by atoms with van der Waals surface area (Å²) in [6.45, 7) is 2.77. The van der Waals surface area contributed by atoms with Gasteiger partial charge in [0, 0.05) is 19.4 Å². The third-order valence-corrected chi connectivity index (χ3v) is 3.57. The quantitative estimate of drug-likeness (QED) is 0.891. The van der Waals surface area contributed by atoms with Crippen molar-refractivity contribution in [1.82, 2.24) is 5.32 Å². The number of carbonyl (C=O) groups excluding carboxylic acids is 1. The molecule has 0 aliphatic carbocycles. The van der Waals surface area contributed by atoms with Crippen LogP contribution >= 0.6 is 0 Å². The molecule has 0 saturated carbocycles. The first-order valence-electron chi connectivity index (χ1n) is 7.41. The number of benzene rings is 1. The molecule has 5 heteroatoms. The first kappa shape index (κ1) is 14.5. The predicted octanol–water partition coefficient (Wildman–Crippen LogP) is 2.61. The van der Waals surface area contributed by atoms with Crippen molar-refractivity contribution >= 4 is 5.91 Å². The molecule has 1 aromatic carbocycles. The molecule has 2 heterocycles. The maximum Gasteiger partial charge on any atom is 0.231 e. The fourth-order valence-corrected chi connectivity index (χ4v) is 2.39. The van der Waals surface area contributed by atoms with Gasteiger partial charge in [-0.15, -0.1) is 0 Å². The zero-order valence-corrected chi connectivity index (χ0v) is 12.6. The van der Waals surface area contributed by atoms with Crippen molar-refractivity contribution in [3.8, 4) is 11.5 Å². The lowest BCUT2D eigenvalue weighted by atomic mass is 10.1. The topological polar surface area (TPSA) is 60.7 Å². The van der Waals surface area contributed by atoms with Crippen molar-refractivity contribution in [1.29, 1.82) is 0 Å². The molecule has 1 aliphatic rings. The van der Waals surface area contributed by atoms with Crippen LogP contribution in [0, 0.1) is 6.92 Å². The normalized spacial score (nSPS) is 12.4. The van der Waals surface area contributed by atoms with Gasteiger partial charge in [0.05, 0.1) is 0 Å². The molecule has 1 aliphatic heterocycles. The molecule has 0 fully saturated rings. The summed E-state index contributed by atoms with van der Waals surface area (Å²) in [6, 6.07) is 9.65. The maximum atomic E-state index is 11.8. The molecule has 0 bridgehead atoms. The van der Waals surface area contributed by atoms with E-state index in [1.807, 2.05) is 37.3 Å². The molecule has 1 aromatic heterocycles. The van der Waals surface area contributed by atoms with E-state index in [4.69, 9.17) is 13.9 Å². The lowest BCUT2D eigenvalue weighted by Gasteiger charge is -2.05. The van der Waals surface area contributed by atoms with Crippen LogP contribution < -0.4 is 14.8 Å². The van der Waals surface area contributed by atoms with Crippen molar-refractivity contribution in [2.75, 3.05) is 13.3 Å². The highest BCUT2D eigenvalue weighted by atomic mass is 16.7. The van der Waals surface area contributed by atoms with Crippen LogP contribution in [0.5, 0.6) is 11.5 Å². The van der Waals surface area contributed by atoms with Crippen molar-refractivity contribution < 1.29 is 18.7 Å². The van der Waals surface area contributed by atoms with E-state index in [0.717, 1.165) is 28.6 Å². The minimum atomic E-state index is 0.0425. The molecule has 0 unspecified atom stereocenters. The van der Waals surface area contributed by atoms with E-state index in [1.54, 1.807) is 0 Å². The Labute approximate surface area is 129 Å². The lowest BCUT2D eigenvalue weighted by Crippen LogP contribution is -2.25. The molecule has 0 spiro atoms. The number of furan rings is 1. The number of nitrogens with one attached hydrogen (secondary N) is 1. The Balaban J connectivity index is 1.40. The summed E-state index contributed by atoms with van der Waals surface area (Å²) in [5.41, 5.74) is 1.07. The molecule has 2 aromatic rings. The fourth-order valence-electron chi connectivity index (χ4n) is 2.39. The number of fused-ring (bicyclic) bond motifs is 1. The van der Waals surface area contributed by atoms with Crippen LogP contribution in [-0.2, 0) is 17.6 Å². The van der Waals surface area contributed by atoms with Crippen molar-refractivity contribution in [3.05, 3.63) is 47.4 Å². The van der Waals surface area contributed by atoms with Gasteiger partial charge in [-0.25, -0.2) is 0 Å². The van der Waals surface area contributed by atoms with E-state index in [0.29, 0.717) is 25.8 Å². The second-order valence-electron chi connectivity index (χ2n) is 5.30. The third-order valence-electron chi connectivity index (χ3n) is 3.57. The second-order valence-corrected chi connectivity index (χ2v) is 5.30. The summed E-state index contributed by atoms with van der Waals surface area (Å²) >= 11 is 0. The van der Waals surface area contributed by atoms with E-state index < -0.39 is 0 Å². The number of hydrogen-bond donors (Lipinski definition) is 1. The minimum Gasteiger partial charge on any atom is -0.466 e. The van der Waals surface area contributed by atoms with Crippen LogP contribution in [0.1, 0.15) is 23.5 Å². The van der Waals surface area contributed by atoms with Crippen LogP contribution in [0.15, 0.2) is 34.7 Å². The molecule has 116 valence electrons. The van der Waals surface area contributed by atoms with Crippen molar-refractivity contribution in [3.63, 3.8) is 0 Å². The standard InChI is InChI=1S/C17H19NO4/c1-12-2-5-14(22-12)8-9-18-17(19)7-4-13-3-6-15-16(10-13)21-11-20-15/h2-3,5-6,10H,4,7-9,11H2,1H3,(H,18,19). The van der Waals surface area contributed by atoms with Crippen LogP contribution in [0.25, 0.3) is 0 Å². The molecule has 0 saturated heterocycles. The number of carbonyl (C=O) groups is 1. The van der Waals surface area contributed by atoms with Crippen molar-refractivity contribution in [2.45, 2.75) is 26.2 Å². The average molecular weight is 301 g/mol. The van der Waals surface area contributed by atoms with Crippen LogP contribution in [0.4, 0.5) is 0 Å². The summed E-state index contributed by atoms with van der Waals surface area (Å²) in [6.07, 6.45) is 1.85. The summed E-state index contributed by atoms with van der Waals surface area (Å²) in [4.78, 5) is 11.8. The number of amides is 1. The number of rotatable bonds is 6. The van der Waals surface area contributed by atoms with Gasteiger partial charge >= 0.3 is 0 Å². The third kappa shape index (κ3) is 3.61. The van der Waals surface area contributed by atoms with Gasteiger partial charge in [-0.1, -0.05) is 6.07 Å². The SMILES string of the molecule is Cc1ccc(CCNC(=O)CCc2ccc3c(c2)OCO3)o1. The molecule has 3 rings (SSSR count). The van der Waals surface area contributed by atoms with Crippen LogP contribution in [0.3, 0.4) is 0 Å². The van der Waals surface area contributed by atoms with Crippen LogP contribution in [0.2, 0.25) is 0 Å². The summed E-state index contributed by atoms with van der Waals surface area (Å²) in [5, 5.41) is 2.91. The van der Waals surface area contributed by atoms with E-state index in [9.17, 15) is 4.79 Å². The van der Waals surface area contributed by atoms with Gasteiger partial charge in [0.25, 0.3) is 0 Å². The first-order chi connectivity index (χ1) is 10.7. The Morgan fingerprint density at radius 3 is 2.82 bits per heavy atom. The van der Waals surface area contributed by atoms with Gasteiger partial charge in [-0.2, -0.15) is 0 Å². The highest BCUT2D eigenvalue weighted by Gasteiger charge is 2.13. The summed E-state index contributed by atoms with van der Waals surface area (Å²) in [5.74, 6) is 3.35. The molecule has 1 amide bonds. The minimum absolute atomic E-state index is 0.0425. The first-order valence-corrected chi connectivity index (χ1v) is 7.41. The molecular weight excluding hydrogens is 282 g/mol. The molecular formula is C17H19NO4. The van der Waals surface area contributed by atoms with Gasteiger partial charge < -0.3 is 19.2 Å².